The first-order chi connectivity index (χ1) is 14.3. The molecule has 1 saturated heterocycles. The lowest BCUT2D eigenvalue weighted by atomic mass is 9.92. The molecule has 0 saturated carbocycles. The van der Waals surface area contributed by atoms with Gasteiger partial charge in [0.05, 0.1) is 11.2 Å². The molecule has 1 amide bonds. The van der Waals surface area contributed by atoms with Gasteiger partial charge in [-0.25, -0.2) is 9.36 Å². The first-order valence-electron chi connectivity index (χ1n) is 10.3. The lowest BCUT2D eigenvalue weighted by Crippen LogP contribution is -2.46. The van der Waals surface area contributed by atoms with Crippen molar-refractivity contribution in [1.82, 2.24) is 14.0 Å². The van der Waals surface area contributed by atoms with E-state index in [1.807, 2.05) is 30.9 Å². The van der Waals surface area contributed by atoms with Gasteiger partial charge in [0.15, 0.2) is 0 Å². The number of aromatic nitrogens is 2. The Balaban J connectivity index is 1.81. The fourth-order valence-electron chi connectivity index (χ4n) is 4.43. The van der Waals surface area contributed by atoms with Crippen molar-refractivity contribution < 1.29 is 4.79 Å². The number of thiophene rings is 1. The summed E-state index contributed by atoms with van der Waals surface area (Å²) in [6.07, 6.45) is 1.11. The molecule has 158 valence electrons. The number of rotatable bonds is 3. The van der Waals surface area contributed by atoms with Crippen LogP contribution < -0.4 is 11.2 Å². The molecule has 2 atom stereocenters. The highest BCUT2D eigenvalue weighted by molar-refractivity contribution is 7.17. The Morgan fingerprint density at radius 1 is 1.07 bits per heavy atom. The summed E-state index contributed by atoms with van der Waals surface area (Å²) in [5, 5.41) is 1.79. The number of carbonyl (C=O) groups excluding carboxylic acids is 1. The number of piperidine rings is 1. The molecule has 1 aromatic carbocycles. The molecular weight excluding hydrogens is 398 g/mol. The molecule has 1 aliphatic rings. The molecule has 1 fully saturated rings. The molecule has 3 aromatic rings. The molecule has 0 radical (unpaired) electrons. The maximum absolute atomic E-state index is 13.4. The van der Waals surface area contributed by atoms with Gasteiger partial charge in [0.2, 0.25) is 5.91 Å². The summed E-state index contributed by atoms with van der Waals surface area (Å²) < 4.78 is 3.13. The van der Waals surface area contributed by atoms with Gasteiger partial charge in [0, 0.05) is 13.1 Å². The number of hydrogen-bond donors (Lipinski definition) is 0. The number of nitrogens with zero attached hydrogens (tertiary/aromatic N) is 3. The molecule has 0 aliphatic carbocycles. The highest BCUT2D eigenvalue weighted by Gasteiger charge is 2.26. The SMILES string of the molecule is Cc1ccc(-n2c(=O)c3sccc3n(CC(=O)N3C[C@H](C)C[C@@H](C)C3)c2=O)cc1C. The molecule has 0 N–H and O–H groups in total. The average Bonchev–Trinajstić information content (AvgIpc) is 3.17. The summed E-state index contributed by atoms with van der Waals surface area (Å²) in [4.78, 5) is 41.4. The topological polar surface area (TPSA) is 64.3 Å². The lowest BCUT2D eigenvalue weighted by Gasteiger charge is -2.35. The van der Waals surface area contributed by atoms with Crippen molar-refractivity contribution in [2.75, 3.05) is 13.1 Å². The molecule has 0 bridgehead atoms. The maximum atomic E-state index is 13.4. The van der Waals surface area contributed by atoms with Crippen LogP contribution in [0.1, 0.15) is 31.4 Å². The summed E-state index contributed by atoms with van der Waals surface area (Å²) >= 11 is 1.30. The van der Waals surface area contributed by atoms with Gasteiger partial charge in [0.1, 0.15) is 11.2 Å². The Labute approximate surface area is 179 Å². The van der Waals surface area contributed by atoms with Crippen LogP contribution in [-0.4, -0.2) is 33.0 Å². The Bertz CT molecular complexity index is 1230. The Hall–Kier alpha value is -2.67. The van der Waals surface area contributed by atoms with E-state index in [1.165, 1.54) is 20.5 Å². The number of likely N-dealkylation sites (tertiary alicyclic amines) is 1. The second-order valence-electron chi connectivity index (χ2n) is 8.66. The third-order valence-electron chi connectivity index (χ3n) is 6.02. The second kappa shape index (κ2) is 7.87. The van der Waals surface area contributed by atoms with Crippen molar-refractivity contribution >= 4 is 27.5 Å². The van der Waals surface area contributed by atoms with E-state index in [0.29, 0.717) is 40.8 Å². The van der Waals surface area contributed by atoms with E-state index in [4.69, 9.17) is 0 Å². The zero-order chi connectivity index (χ0) is 21.6. The van der Waals surface area contributed by atoms with Crippen LogP contribution in [0.3, 0.4) is 0 Å². The third kappa shape index (κ3) is 3.62. The maximum Gasteiger partial charge on any atom is 0.336 e. The number of hydrogen-bond acceptors (Lipinski definition) is 4. The van der Waals surface area contributed by atoms with Crippen molar-refractivity contribution in [3.63, 3.8) is 0 Å². The molecule has 7 heteroatoms. The van der Waals surface area contributed by atoms with Crippen molar-refractivity contribution in [1.29, 1.82) is 0 Å². The summed E-state index contributed by atoms with van der Waals surface area (Å²) in [6.45, 7) is 9.61. The Kier molecular flexibility index (Phi) is 5.40. The molecule has 4 rings (SSSR count). The van der Waals surface area contributed by atoms with Gasteiger partial charge in [0.25, 0.3) is 5.56 Å². The van der Waals surface area contributed by atoms with E-state index < -0.39 is 5.69 Å². The summed E-state index contributed by atoms with van der Waals surface area (Å²) in [5.74, 6) is 0.813. The van der Waals surface area contributed by atoms with Crippen molar-refractivity contribution in [2.45, 2.75) is 40.7 Å². The number of benzene rings is 1. The highest BCUT2D eigenvalue weighted by Crippen LogP contribution is 2.22. The Morgan fingerprint density at radius 3 is 2.43 bits per heavy atom. The quantitative estimate of drug-likeness (QED) is 0.647. The van der Waals surface area contributed by atoms with Crippen molar-refractivity contribution in [2.24, 2.45) is 11.8 Å². The minimum absolute atomic E-state index is 0.0589. The van der Waals surface area contributed by atoms with E-state index >= 15 is 0 Å². The highest BCUT2D eigenvalue weighted by atomic mass is 32.1. The van der Waals surface area contributed by atoms with Crippen LogP contribution in [0.15, 0.2) is 39.2 Å². The van der Waals surface area contributed by atoms with Gasteiger partial charge in [-0.3, -0.25) is 14.2 Å². The van der Waals surface area contributed by atoms with Crippen LogP contribution in [-0.2, 0) is 11.3 Å². The number of amides is 1. The van der Waals surface area contributed by atoms with E-state index in [2.05, 4.69) is 13.8 Å². The smallest absolute Gasteiger partial charge is 0.336 e. The van der Waals surface area contributed by atoms with Gasteiger partial charge in [-0.15, -0.1) is 11.3 Å². The average molecular weight is 426 g/mol. The van der Waals surface area contributed by atoms with Gasteiger partial charge in [-0.2, -0.15) is 0 Å². The van der Waals surface area contributed by atoms with E-state index in [0.717, 1.165) is 17.5 Å². The van der Waals surface area contributed by atoms with E-state index in [1.54, 1.807) is 17.5 Å². The molecule has 30 heavy (non-hydrogen) atoms. The molecule has 2 aromatic heterocycles. The predicted octanol–water partition coefficient (Wildman–Crippen LogP) is 3.34. The zero-order valence-electron chi connectivity index (χ0n) is 17.8. The largest absolute Gasteiger partial charge is 0.341 e. The van der Waals surface area contributed by atoms with E-state index in [-0.39, 0.29) is 18.0 Å². The lowest BCUT2D eigenvalue weighted by molar-refractivity contribution is -0.134. The minimum atomic E-state index is -0.472. The van der Waals surface area contributed by atoms with Gasteiger partial charge < -0.3 is 4.90 Å². The van der Waals surface area contributed by atoms with Crippen molar-refractivity contribution in [3.05, 3.63) is 61.6 Å². The fraction of sp³-hybridized carbons (Fsp3) is 0.435. The third-order valence-corrected chi connectivity index (χ3v) is 6.91. The molecule has 1 aliphatic heterocycles. The minimum Gasteiger partial charge on any atom is -0.341 e. The first-order valence-corrected chi connectivity index (χ1v) is 11.2. The molecule has 3 heterocycles. The number of fused-ring (bicyclic) bond motifs is 1. The van der Waals surface area contributed by atoms with Crippen LogP contribution in [0.4, 0.5) is 0 Å². The van der Waals surface area contributed by atoms with Gasteiger partial charge in [-0.05, 0) is 66.8 Å². The predicted molar refractivity (Wildman–Crippen MR) is 121 cm³/mol. The zero-order valence-corrected chi connectivity index (χ0v) is 18.7. The first kappa shape index (κ1) is 20.6. The summed E-state index contributed by atoms with van der Waals surface area (Å²) in [6, 6.07) is 7.28. The van der Waals surface area contributed by atoms with Crippen LogP contribution >= 0.6 is 11.3 Å². The molecule has 0 unspecified atom stereocenters. The van der Waals surface area contributed by atoms with E-state index in [9.17, 15) is 14.4 Å². The standard InChI is InChI=1S/C23H27N3O3S/c1-14-9-15(2)12-24(11-14)20(27)13-25-19-7-8-30-21(19)22(28)26(23(25)29)18-6-5-16(3)17(4)10-18/h5-8,10,14-15H,9,11-13H2,1-4H3/t14-,15-/m1/s1. The second-order valence-corrected chi connectivity index (χ2v) is 9.57. The van der Waals surface area contributed by atoms with Gasteiger partial charge >= 0.3 is 5.69 Å². The Morgan fingerprint density at radius 2 is 1.77 bits per heavy atom. The number of aryl methyl sites for hydroxylation is 2. The molecule has 0 spiro atoms. The van der Waals surface area contributed by atoms with Crippen LogP contribution in [0.2, 0.25) is 0 Å². The normalized spacial score (nSPS) is 19.4. The fourth-order valence-corrected chi connectivity index (χ4v) is 5.26. The van der Waals surface area contributed by atoms with Gasteiger partial charge in [-0.1, -0.05) is 19.9 Å². The molecule has 6 nitrogen and oxygen atoms in total. The van der Waals surface area contributed by atoms with Crippen molar-refractivity contribution in [3.8, 4) is 5.69 Å². The van der Waals surface area contributed by atoms with Crippen LogP contribution in [0.5, 0.6) is 0 Å². The summed E-state index contributed by atoms with van der Waals surface area (Å²) in [7, 11) is 0. The number of carbonyl (C=O) groups is 1. The van der Waals surface area contributed by atoms with Crippen LogP contribution in [0.25, 0.3) is 15.9 Å². The summed E-state index contributed by atoms with van der Waals surface area (Å²) in [5.41, 5.74) is 2.35. The van der Waals surface area contributed by atoms with Crippen LogP contribution in [0, 0.1) is 25.7 Å². The monoisotopic (exact) mass is 425 g/mol. The molecular formula is C23H27N3O3S.